The van der Waals surface area contributed by atoms with Crippen LogP contribution in [0.5, 0.6) is 0 Å². The molecule has 1 fully saturated rings. The number of rotatable bonds is 15. The first-order valence-electron chi connectivity index (χ1n) is 11.4. The summed E-state index contributed by atoms with van der Waals surface area (Å²) in [4.78, 5) is 15.7. The SMILES string of the molecule is O=C(CCCCCCCCCCCCC1CCCC1)OCc1cccnc1. The van der Waals surface area contributed by atoms with Crippen LogP contribution in [0.3, 0.4) is 0 Å². The van der Waals surface area contributed by atoms with Crippen molar-refractivity contribution < 1.29 is 9.53 Å². The highest BCUT2D eigenvalue weighted by molar-refractivity contribution is 5.69. The lowest BCUT2D eigenvalue weighted by atomic mass is 9.99. The van der Waals surface area contributed by atoms with Crippen LogP contribution in [0.4, 0.5) is 0 Å². The second-order valence-electron chi connectivity index (χ2n) is 8.25. The van der Waals surface area contributed by atoms with E-state index >= 15 is 0 Å². The van der Waals surface area contributed by atoms with Crippen LogP contribution in [-0.2, 0) is 16.1 Å². The molecule has 0 saturated heterocycles. The molecule has 0 radical (unpaired) electrons. The van der Waals surface area contributed by atoms with Gasteiger partial charge in [-0.1, -0.05) is 96.0 Å². The number of unbranched alkanes of at least 4 members (excludes halogenated alkanes) is 9. The Morgan fingerprint density at radius 3 is 2.19 bits per heavy atom. The Kier molecular flexibility index (Phi) is 11.9. The van der Waals surface area contributed by atoms with E-state index in [0.29, 0.717) is 13.0 Å². The Bertz CT molecular complexity index is 482. The van der Waals surface area contributed by atoms with E-state index in [1.165, 1.54) is 83.5 Å². The van der Waals surface area contributed by atoms with Gasteiger partial charge in [-0.15, -0.1) is 0 Å². The number of carbonyl (C=O) groups is 1. The molecule has 27 heavy (non-hydrogen) atoms. The first-order valence-corrected chi connectivity index (χ1v) is 11.4. The van der Waals surface area contributed by atoms with E-state index in [4.69, 9.17) is 4.74 Å². The van der Waals surface area contributed by atoms with Crippen LogP contribution in [0.15, 0.2) is 24.5 Å². The summed E-state index contributed by atoms with van der Waals surface area (Å²) < 4.78 is 5.27. The van der Waals surface area contributed by atoms with Crippen molar-refractivity contribution in [2.45, 2.75) is 109 Å². The Labute approximate surface area is 166 Å². The van der Waals surface area contributed by atoms with Crippen molar-refractivity contribution in [3.05, 3.63) is 30.1 Å². The zero-order chi connectivity index (χ0) is 19.0. The molecule has 0 bridgehead atoms. The standard InChI is InChI=1S/C24H39NO2/c26-24(27-21-23-17-13-19-25-20-23)18-10-8-6-4-2-1-3-5-7-9-14-22-15-11-12-16-22/h13,17,19-20,22H,1-12,14-16,18,21H2. The van der Waals surface area contributed by atoms with Crippen LogP contribution in [0.1, 0.15) is 108 Å². The van der Waals surface area contributed by atoms with Crippen molar-refractivity contribution in [1.82, 2.24) is 4.98 Å². The third-order valence-electron chi connectivity index (χ3n) is 5.84. The minimum absolute atomic E-state index is 0.0866. The number of hydrogen-bond donors (Lipinski definition) is 0. The molecule has 3 nitrogen and oxygen atoms in total. The van der Waals surface area contributed by atoms with Gasteiger partial charge in [0, 0.05) is 24.4 Å². The Morgan fingerprint density at radius 2 is 1.56 bits per heavy atom. The molecule has 1 heterocycles. The lowest BCUT2D eigenvalue weighted by molar-refractivity contribution is -0.145. The molecule has 0 atom stereocenters. The maximum atomic E-state index is 11.7. The average Bonchev–Trinajstić information content (AvgIpc) is 3.21. The maximum absolute atomic E-state index is 11.7. The zero-order valence-corrected chi connectivity index (χ0v) is 17.2. The topological polar surface area (TPSA) is 39.2 Å². The predicted octanol–water partition coefficient (Wildman–Crippen LogP) is 7.00. The minimum atomic E-state index is -0.0866. The highest BCUT2D eigenvalue weighted by Gasteiger charge is 2.13. The third kappa shape index (κ3) is 11.1. The predicted molar refractivity (Wildman–Crippen MR) is 111 cm³/mol. The molecule has 1 aromatic heterocycles. The fourth-order valence-electron chi connectivity index (χ4n) is 4.14. The lowest BCUT2D eigenvalue weighted by Gasteiger charge is -2.08. The molecule has 2 rings (SSSR count). The second kappa shape index (κ2) is 14.6. The van der Waals surface area contributed by atoms with E-state index < -0.39 is 0 Å². The van der Waals surface area contributed by atoms with Gasteiger partial charge in [-0.25, -0.2) is 0 Å². The van der Waals surface area contributed by atoms with Crippen LogP contribution in [0.2, 0.25) is 0 Å². The van der Waals surface area contributed by atoms with Gasteiger partial charge in [0.25, 0.3) is 0 Å². The molecular formula is C24H39NO2. The number of ether oxygens (including phenoxy) is 1. The average molecular weight is 374 g/mol. The number of pyridine rings is 1. The molecule has 3 heteroatoms. The molecular weight excluding hydrogens is 334 g/mol. The summed E-state index contributed by atoms with van der Waals surface area (Å²) in [5, 5.41) is 0. The molecule has 1 aliphatic rings. The quantitative estimate of drug-likeness (QED) is 0.245. The molecule has 1 saturated carbocycles. The number of carbonyl (C=O) groups excluding carboxylic acids is 1. The Balaban J connectivity index is 1.29. The van der Waals surface area contributed by atoms with Gasteiger partial charge in [0.05, 0.1) is 0 Å². The van der Waals surface area contributed by atoms with Crippen molar-refractivity contribution in [3.8, 4) is 0 Å². The summed E-state index contributed by atoms with van der Waals surface area (Å²) in [7, 11) is 0. The van der Waals surface area contributed by atoms with Crippen molar-refractivity contribution in [2.75, 3.05) is 0 Å². The molecule has 0 spiro atoms. The first kappa shape index (κ1) is 21.9. The van der Waals surface area contributed by atoms with Gasteiger partial charge in [0.15, 0.2) is 0 Å². The fourth-order valence-corrected chi connectivity index (χ4v) is 4.14. The van der Waals surface area contributed by atoms with E-state index in [0.717, 1.165) is 24.3 Å². The van der Waals surface area contributed by atoms with Crippen molar-refractivity contribution >= 4 is 5.97 Å². The molecule has 0 N–H and O–H groups in total. The van der Waals surface area contributed by atoms with E-state index in [-0.39, 0.29) is 5.97 Å². The Morgan fingerprint density at radius 1 is 0.926 bits per heavy atom. The third-order valence-corrected chi connectivity index (χ3v) is 5.84. The van der Waals surface area contributed by atoms with Crippen molar-refractivity contribution in [1.29, 1.82) is 0 Å². The molecule has 0 amide bonds. The summed E-state index contributed by atoms with van der Waals surface area (Å²) in [5.74, 6) is 0.981. The van der Waals surface area contributed by atoms with Crippen LogP contribution >= 0.6 is 0 Å². The van der Waals surface area contributed by atoms with Crippen molar-refractivity contribution in [3.63, 3.8) is 0 Å². The number of nitrogens with zero attached hydrogens (tertiary/aromatic N) is 1. The van der Waals surface area contributed by atoms with E-state index in [1.54, 1.807) is 12.4 Å². The normalized spacial score (nSPS) is 14.5. The molecule has 0 aliphatic heterocycles. The highest BCUT2D eigenvalue weighted by atomic mass is 16.5. The second-order valence-corrected chi connectivity index (χ2v) is 8.25. The molecule has 1 aliphatic carbocycles. The van der Waals surface area contributed by atoms with Crippen LogP contribution in [-0.4, -0.2) is 11.0 Å². The zero-order valence-electron chi connectivity index (χ0n) is 17.2. The first-order chi connectivity index (χ1) is 13.3. The lowest BCUT2D eigenvalue weighted by Crippen LogP contribution is -2.04. The number of aromatic nitrogens is 1. The van der Waals surface area contributed by atoms with Gasteiger partial charge >= 0.3 is 5.97 Å². The molecule has 0 aromatic carbocycles. The maximum Gasteiger partial charge on any atom is 0.306 e. The Hall–Kier alpha value is -1.38. The van der Waals surface area contributed by atoms with Crippen LogP contribution in [0.25, 0.3) is 0 Å². The monoisotopic (exact) mass is 373 g/mol. The highest BCUT2D eigenvalue weighted by Crippen LogP contribution is 2.29. The molecule has 0 unspecified atom stereocenters. The molecule has 1 aromatic rings. The van der Waals surface area contributed by atoms with Gasteiger partial charge < -0.3 is 4.74 Å². The van der Waals surface area contributed by atoms with Gasteiger partial charge in [-0.3, -0.25) is 9.78 Å². The summed E-state index contributed by atoms with van der Waals surface area (Å²) in [6, 6.07) is 3.79. The summed E-state index contributed by atoms with van der Waals surface area (Å²) in [6.07, 6.45) is 24.6. The smallest absolute Gasteiger partial charge is 0.306 e. The van der Waals surface area contributed by atoms with Gasteiger partial charge in [-0.2, -0.15) is 0 Å². The summed E-state index contributed by atoms with van der Waals surface area (Å²) in [6.45, 7) is 0.341. The number of esters is 1. The van der Waals surface area contributed by atoms with Crippen LogP contribution < -0.4 is 0 Å². The van der Waals surface area contributed by atoms with Gasteiger partial charge in [0.2, 0.25) is 0 Å². The van der Waals surface area contributed by atoms with Crippen molar-refractivity contribution in [2.24, 2.45) is 5.92 Å². The fraction of sp³-hybridized carbons (Fsp3) is 0.750. The van der Waals surface area contributed by atoms with E-state index in [1.807, 2.05) is 12.1 Å². The largest absolute Gasteiger partial charge is 0.461 e. The summed E-state index contributed by atoms with van der Waals surface area (Å²) >= 11 is 0. The van der Waals surface area contributed by atoms with Gasteiger partial charge in [-0.05, 0) is 18.4 Å². The number of hydrogen-bond acceptors (Lipinski definition) is 3. The van der Waals surface area contributed by atoms with E-state index in [2.05, 4.69) is 4.98 Å². The minimum Gasteiger partial charge on any atom is -0.461 e. The van der Waals surface area contributed by atoms with Crippen LogP contribution in [0, 0.1) is 5.92 Å². The molecule has 152 valence electrons. The van der Waals surface area contributed by atoms with Gasteiger partial charge in [0.1, 0.15) is 6.61 Å². The van der Waals surface area contributed by atoms with E-state index in [9.17, 15) is 4.79 Å². The summed E-state index contributed by atoms with van der Waals surface area (Å²) in [5.41, 5.74) is 0.949.